The van der Waals surface area contributed by atoms with Gasteiger partial charge in [0.15, 0.2) is 5.11 Å². The second kappa shape index (κ2) is 9.78. The zero-order valence-electron chi connectivity index (χ0n) is 21.0. The summed E-state index contributed by atoms with van der Waals surface area (Å²) in [5.41, 5.74) is 6.59. The molecule has 0 aliphatic carbocycles. The minimum atomic E-state index is -0.386. The molecule has 0 spiro atoms. The Labute approximate surface area is 220 Å². The van der Waals surface area contributed by atoms with Crippen LogP contribution in [0.5, 0.6) is 0 Å². The smallest absolute Gasteiger partial charge is 0.337 e. The molecule has 1 fully saturated rings. The lowest BCUT2D eigenvalue weighted by molar-refractivity contribution is 0.0600. The average Bonchev–Trinajstić information content (AvgIpc) is 3.40. The number of carbonyl (C=O) groups is 1. The first kappa shape index (κ1) is 24.6. The number of esters is 1. The van der Waals surface area contributed by atoms with Gasteiger partial charge in [0.05, 0.1) is 30.5 Å². The van der Waals surface area contributed by atoms with E-state index in [1.54, 1.807) is 25.3 Å². The van der Waals surface area contributed by atoms with Crippen LogP contribution < -0.4 is 10.2 Å². The van der Waals surface area contributed by atoms with Crippen LogP contribution in [0.25, 0.3) is 5.69 Å². The van der Waals surface area contributed by atoms with E-state index in [9.17, 15) is 9.18 Å². The predicted octanol–water partition coefficient (Wildman–Crippen LogP) is 5.90. The monoisotopic (exact) mass is 514 g/mol. The first-order valence-electron chi connectivity index (χ1n) is 11.9. The largest absolute Gasteiger partial charge is 0.465 e. The number of methoxy groups -OCH3 is 1. The number of hydrogen-bond acceptors (Lipinski definition) is 4. The third-order valence-corrected chi connectivity index (χ3v) is 7.15. The van der Waals surface area contributed by atoms with Crippen LogP contribution >= 0.6 is 12.2 Å². The Morgan fingerprint density at radius 1 is 1.03 bits per heavy atom. The Hall–Kier alpha value is -4.04. The fraction of sp³-hybridized carbons (Fsp3) is 0.207. The summed E-state index contributed by atoms with van der Waals surface area (Å²) in [6, 6.07) is 19.9. The number of aromatic nitrogens is 2. The van der Waals surface area contributed by atoms with Crippen molar-refractivity contribution in [3.05, 3.63) is 113 Å². The Morgan fingerprint density at radius 2 is 1.84 bits per heavy atom. The lowest BCUT2D eigenvalue weighted by Gasteiger charge is -2.28. The zero-order valence-corrected chi connectivity index (χ0v) is 21.8. The molecule has 2 unspecified atom stereocenters. The van der Waals surface area contributed by atoms with Crippen LogP contribution in [0.1, 0.15) is 50.7 Å². The van der Waals surface area contributed by atoms with Crippen molar-refractivity contribution >= 4 is 29.0 Å². The van der Waals surface area contributed by atoms with Crippen molar-refractivity contribution in [3.63, 3.8) is 0 Å². The molecule has 2 aromatic heterocycles. The van der Waals surface area contributed by atoms with Gasteiger partial charge in [-0.3, -0.25) is 4.98 Å². The van der Waals surface area contributed by atoms with E-state index in [0.717, 1.165) is 34.0 Å². The summed E-state index contributed by atoms with van der Waals surface area (Å²) in [7, 11) is 1.37. The SMILES string of the molecule is COC(=O)c1cccc(-n2c(C)cc(C3C(c4ccccn4)NC(=S)N3c3ccc(F)c(C)c3)c2C)c1. The number of carbonyl (C=O) groups excluding carboxylic acids is 1. The van der Waals surface area contributed by atoms with Gasteiger partial charge in [-0.25, -0.2) is 9.18 Å². The van der Waals surface area contributed by atoms with Crippen LogP contribution in [0.2, 0.25) is 0 Å². The molecule has 188 valence electrons. The number of benzene rings is 2. The number of aryl methyl sites for hydroxylation is 2. The van der Waals surface area contributed by atoms with Crippen molar-refractivity contribution in [2.45, 2.75) is 32.9 Å². The van der Waals surface area contributed by atoms with Gasteiger partial charge in [-0.1, -0.05) is 12.1 Å². The van der Waals surface area contributed by atoms with Gasteiger partial charge in [0, 0.05) is 29.0 Å². The number of nitrogens with one attached hydrogen (secondary N) is 1. The summed E-state index contributed by atoms with van der Waals surface area (Å²) >= 11 is 5.82. The van der Waals surface area contributed by atoms with Gasteiger partial charge in [0.1, 0.15) is 5.82 Å². The molecular formula is C29H27FN4O2S. The van der Waals surface area contributed by atoms with Crippen molar-refractivity contribution in [1.82, 2.24) is 14.9 Å². The second-order valence-electron chi connectivity index (χ2n) is 9.13. The lowest BCUT2D eigenvalue weighted by atomic mass is 9.96. The van der Waals surface area contributed by atoms with E-state index in [-0.39, 0.29) is 23.9 Å². The summed E-state index contributed by atoms with van der Waals surface area (Å²) < 4.78 is 21.2. The van der Waals surface area contributed by atoms with Gasteiger partial charge >= 0.3 is 5.97 Å². The van der Waals surface area contributed by atoms with Gasteiger partial charge in [-0.05, 0) is 98.7 Å². The Morgan fingerprint density at radius 3 is 2.54 bits per heavy atom. The topological polar surface area (TPSA) is 59.4 Å². The average molecular weight is 515 g/mol. The maximum absolute atomic E-state index is 14.2. The molecular weight excluding hydrogens is 487 g/mol. The van der Waals surface area contributed by atoms with Crippen LogP contribution in [0.4, 0.5) is 10.1 Å². The van der Waals surface area contributed by atoms with E-state index in [2.05, 4.69) is 27.9 Å². The minimum absolute atomic E-state index is 0.227. The van der Waals surface area contributed by atoms with Crippen LogP contribution in [0.3, 0.4) is 0 Å². The van der Waals surface area contributed by atoms with Crippen LogP contribution in [-0.4, -0.2) is 27.7 Å². The molecule has 0 radical (unpaired) electrons. The Bertz CT molecular complexity index is 1500. The molecule has 1 saturated heterocycles. The summed E-state index contributed by atoms with van der Waals surface area (Å²) in [5.74, 6) is -0.647. The van der Waals surface area contributed by atoms with Gasteiger partial charge in [-0.2, -0.15) is 0 Å². The Balaban J connectivity index is 1.67. The van der Waals surface area contributed by atoms with Crippen molar-refractivity contribution in [3.8, 4) is 5.69 Å². The molecule has 0 saturated carbocycles. The molecule has 4 aromatic rings. The summed E-state index contributed by atoms with van der Waals surface area (Å²) in [4.78, 5) is 18.8. The second-order valence-corrected chi connectivity index (χ2v) is 9.52. The summed E-state index contributed by atoms with van der Waals surface area (Å²) in [5, 5.41) is 4.00. The highest BCUT2D eigenvalue weighted by Crippen LogP contribution is 2.44. The molecule has 1 aliphatic rings. The first-order valence-corrected chi connectivity index (χ1v) is 12.4. The van der Waals surface area contributed by atoms with E-state index in [0.29, 0.717) is 16.2 Å². The van der Waals surface area contributed by atoms with E-state index < -0.39 is 0 Å². The summed E-state index contributed by atoms with van der Waals surface area (Å²) in [6.45, 7) is 5.83. The fourth-order valence-corrected chi connectivity index (χ4v) is 5.45. The Kier molecular flexibility index (Phi) is 6.52. The maximum Gasteiger partial charge on any atom is 0.337 e. The molecule has 1 aliphatic heterocycles. The molecule has 8 heteroatoms. The lowest BCUT2D eigenvalue weighted by Crippen LogP contribution is -2.29. The molecule has 0 amide bonds. The molecule has 2 aromatic carbocycles. The molecule has 3 heterocycles. The number of nitrogens with zero attached hydrogens (tertiary/aromatic N) is 3. The highest BCUT2D eigenvalue weighted by molar-refractivity contribution is 7.80. The number of thiocarbonyl (C=S) groups is 1. The molecule has 6 nitrogen and oxygen atoms in total. The molecule has 0 bridgehead atoms. The highest BCUT2D eigenvalue weighted by atomic mass is 32.1. The normalized spacial score (nSPS) is 17.1. The van der Waals surface area contributed by atoms with Gasteiger partial charge in [-0.15, -0.1) is 0 Å². The van der Waals surface area contributed by atoms with Gasteiger partial charge in [0.2, 0.25) is 0 Å². The standard InChI is InChI=1S/C29H27FN4O2S/c1-17-14-22(11-12-24(17)30)34-27(26(32-29(34)37)25-10-5-6-13-31-25)23-15-18(2)33(19(23)3)21-9-7-8-20(16-21)28(35)36-4/h5-16,26-27H,1-4H3,(H,32,37). The minimum Gasteiger partial charge on any atom is -0.465 e. The van der Waals surface area contributed by atoms with E-state index in [4.69, 9.17) is 17.0 Å². The third-order valence-electron chi connectivity index (χ3n) is 6.83. The van der Waals surface area contributed by atoms with Crippen molar-refractivity contribution in [2.24, 2.45) is 0 Å². The molecule has 37 heavy (non-hydrogen) atoms. The quantitative estimate of drug-likeness (QED) is 0.264. The number of halogens is 1. The number of ether oxygens (including phenoxy) is 1. The predicted molar refractivity (Wildman–Crippen MR) is 146 cm³/mol. The zero-order chi connectivity index (χ0) is 26.3. The van der Waals surface area contributed by atoms with Crippen LogP contribution in [-0.2, 0) is 4.74 Å². The number of rotatable bonds is 5. The molecule has 5 rings (SSSR count). The fourth-order valence-electron chi connectivity index (χ4n) is 5.10. The van der Waals surface area contributed by atoms with Crippen LogP contribution in [0.15, 0.2) is 72.9 Å². The number of hydrogen-bond donors (Lipinski definition) is 1. The summed E-state index contributed by atoms with van der Waals surface area (Å²) in [6.07, 6.45) is 1.77. The molecule has 2 atom stereocenters. The van der Waals surface area contributed by atoms with E-state index in [1.807, 2.05) is 54.3 Å². The third kappa shape index (κ3) is 4.38. The van der Waals surface area contributed by atoms with Crippen molar-refractivity contribution in [2.75, 3.05) is 12.0 Å². The first-order chi connectivity index (χ1) is 17.8. The van der Waals surface area contributed by atoms with Crippen molar-refractivity contribution < 1.29 is 13.9 Å². The van der Waals surface area contributed by atoms with Gasteiger partial charge in [0.25, 0.3) is 0 Å². The van der Waals surface area contributed by atoms with E-state index >= 15 is 0 Å². The van der Waals surface area contributed by atoms with Crippen molar-refractivity contribution in [1.29, 1.82) is 0 Å². The maximum atomic E-state index is 14.2. The number of pyridine rings is 1. The molecule has 1 N–H and O–H groups in total. The highest BCUT2D eigenvalue weighted by Gasteiger charge is 2.42. The van der Waals surface area contributed by atoms with E-state index in [1.165, 1.54) is 13.2 Å². The number of anilines is 1. The van der Waals surface area contributed by atoms with Crippen LogP contribution in [0, 0.1) is 26.6 Å². The van der Waals surface area contributed by atoms with Gasteiger partial charge < -0.3 is 19.5 Å².